The number of amides is 1. The number of nitrogens with one attached hydrogen (secondary N) is 1. The third-order valence-electron chi connectivity index (χ3n) is 5.19. The molecule has 0 bridgehead atoms. The van der Waals surface area contributed by atoms with Gasteiger partial charge in [0.25, 0.3) is 17.7 Å². The molecule has 0 unspecified atom stereocenters. The van der Waals surface area contributed by atoms with Gasteiger partial charge in [0.15, 0.2) is 5.82 Å². The van der Waals surface area contributed by atoms with Crippen LogP contribution in [-0.4, -0.2) is 44.8 Å². The maximum atomic E-state index is 14.3. The summed E-state index contributed by atoms with van der Waals surface area (Å²) in [6.45, 7) is 1.75. The molecule has 156 valence electrons. The number of rotatable bonds is 3. The van der Waals surface area contributed by atoms with E-state index in [9.17, 15) is 9.18 Å². The molecule has 11 heteroatoms. The van der Waals surface area contributed by atoms with Crippen molar-refractivity contribution in [2.24, 2.45) is 10.9 Å². The van der Waals surface area contributed by atoms with Crippen molar-refractivity contribution in [1.82, 2.24) is 25.3 Å². The molecular weight excluding hydrogens is 434 g/mol. The molecule has 2 aromatic heterocycles. The smallest absolute Gasteiger partial charge is 0.253 e. The van der Waals surface area contributed by atoms with Crippen LogP contribution in [0.4, 0.5) is 4.39 Å². The Labute approximate surface area is 181 Å². The van der Waals surface area contributed by atoms with Gasteiger partial charge >= 0.3 is 0 Å². The van der Waals surface area contributed by atoms with Gasteiger partial charge in [-0.05, 0) is 38.1 Å². The van der Waals surface area contributed by atoms with Crippen LogP contribution in [0.25, 0.3) is 22.9 Å². The molecule has 0 radical (unpaired) electrons. The summed E-state index contributed by atoms with van der Waals surface area (Å²) in [7, 11) is 0. The fourth-order valence-corrected chi connectivity index (χ4v) is 3.91. The fraction of sp³-hybridized carbons (Fsp3) is 0.316. The van der Waals surface area contributed by atoms with E-state index < -0.39 is 5.82 Å². The van der Waals surface area contributed by atoms with E-state index in [0.29, 0.717) is 17.1 Å². The fourth-order valence-electron chi connectivity index (χ4n) is 3.73. The molecule has 0 atom stereocenters. The maximum Gasteiger partial charge on any atom is 0.253 e. The lowest BCUT2D eigenvalue weighted by molar-refractivity contribution is -0.117. The minimum absolute atomic E-state index is 0. The Kier molecular flexibility index (Phi) is 5.68. The molecule has 1 aromatic carbocycles. The second-order valence-corrected chi connectivity index (χ2v) is 7.40. The second-order valence-electron chi connectivity index (χ2n) is 7.00. The average Bonchev–Trinajstić information content (AvgIpc) is 3.37. The summed E-state index contributed by atoms with van der Waals surface area (Å²) in [6.07, 6.45) is 3.45. The third-order valence-corrected chi connectivity index (χ3v) is 5.48. The van der Waals surface area contributed by atoms with Crippen LogP contribution in [0, 0.1) is 11.7 Å². The second kappa shape index (κ2) is 8.25. The van der Waals surface area contributed by atoms with E-state index >= 15 is 0 Å². The topological polar surface area (TPSA) is 98.2 Å². The minimum Gasteiger partial charge on any atom is -0.416 e. The number of aliphatic imine (C=N–C) groups is 1. The molecule has 4 heterocycles. The van der Waals surface area contributed by atoms with Gasteiger partial charge in [-0.3, -0.25) is 4.79 Å². The molecule has 0 saturated carbocycles. The van der Waals surface area contributed by atoms with E-state index in [0.717, 1.165) is 25.9 Å². The van der Waals surface area contributed by atoms with E-state index in [-0.39, 0.29) is 53.0 Å². The third kappa shape index (κ3) is 3.53. The van der Waals surface area contributed by atoms with Crippen molar-refractivity contribution in [3.63, 3.8) is 0 Å². The number of carbonyl (C=O) groups excluding carboxylic acids is 1. The summed E-state index contributed by atoms with van der Waals surface area (Å²) in [5, 5.41) is 15.7. The molecule has 3 aromatic rings. The number of hydrogen-bond donors (Lipinski definition) is 1. The predicted octanol–water partition coefficient (Wildman–Crippen LogP) is 3.14. The first-order chi connectivity index (χ1) is 14.1. The zero-order chi connectivity index (χ0) is 20.0. The lowest BCUT2D eigenvalue weighted by atomic mass is 9.95. The van der Waals surface area contributed by atoms with Crippen LogP contribution in [-0.2, 0) is 11.2 Å². The molecule has 2 aliphatic heterocycles. The van der Waals surface area contributed by atoms with Crippen LogP contribution >= 0.6 is 24.0 Å². The zero-order valence-electron chi connectivity index (χ0n) is 15.6. The number of piperidine rings is 1. The van der Waals surface area contributed by atoms with Crippen LogP contribution in [0.1, 0.15) is 18.5 Å². The normalized spacial score (nSPS) is 16.7. The quantitative estimate of drug-likeness (QED) is 0.657. The van der Waals surface area contributed by atoms with E-state index in [4.69, 9.17) is 16.0 Å². The highest BCUT2D eigenvalue weighted by atomic mass is 35.5. The van der Waals surface area contributed by atoms with Crippen molar-refractivity contribution >= 4 is 35.8 Å². The monoisotopic (exact) mass is 450 g/mol. The van der Waals surface area contributed by atoms with Gasteiger partial charge in [0.05, 0.1) is 34.5 Å². The number of aromatic nitrogens is 4. The van der Waals surface area contributed by atoms with Crippen LogP contribution in [0.15, 0.2) is 33.8 Å². The number of hydrogen-bond acceptors (Lipinski definition) is 6. The Morgan fingerprint density at radius 2 is 1.90 bits per heavy atom. The lowest BCUT2D eigenvalue weighted by Crippen LogP contribution is -2.38. The summed E-state index contributed by atoms with van der Waals surface area (Å²) in [5.41, 5.74) is 1.31. The van der Waals surface area contributed by atoms with Crippen molar-refractivity contribution in [2.75, 3.05) is 13.1 Å². The first kappa shape index (κ1) is 20.6. The zero-order valence-corrected chi connectivity index (χ0v) is 17.2. The van der Waals surface area contributed by atoms with Crippen molar-refractivity contribution < 1.29 is 13.6 Å². The largest absolute Gasteiger partial charge is 0.416 e. The first-order valence-electron chi connectivity index (χ1n) is 9.29. The Balaban J connectivity index is 0.00000218. The Morgan fingerprint density at radius 3 is 2.67 bits per heavy atom. The van der Waals surface area contributed by atoms with Gasteiger partial charge in [-0.2, -0.15) is 10.1 Å². The highest BCUT2D eigenvalue weighted by molar-refractivity contribution is 6.31. The van der Waals surface area contributed by atoms with Crippen LogP contribution in [0.2, 0.25) is 5.02 Å². The van der Waals surface area contributed by atoms with Crippen LogP contribution in [0.5, 0.6) is 0 Å². The van der Waals surface area contributed by atoms with E-state index in [1.807, 2.05) is 0 Å². The lowest BCUT2D eigenvalue weighted by Gasteiger charge is -2.26. The summed E-state index contributed by atoms with van der Waals surface area (Å²) in [6, 6.07) is 4.56. The van der Waals surface area contributed by atoms with Gasteiger partial charge in [-0.1, -0.05) is 17.7 Å². The molecule has 30 heavy (non-hydrogen) atoms. The average molecular weight is 451 g/mol. The predicted molar refractivity (Wildman–Crippen MR) is 110 cm³/mol. The molecule has 0 spiro atoms. The summed E-state index contributed by atoms with van der Waals surface area (Å²) < 4.78 is 21.7. The Morgan fingerprint density at radius 1 is 1.17 bits per heavy atom. The Hall–Kier alpha value is -2.62. The maximum absolute atomic E-state index is 14.3. The highest BCUT2D eigenvalue weighted by Gasteiger charge is 2.31. The summed E-state index contributed by atoms with van der Waals surface area (Å²) in [5.74, 6) is 0.134. The van der Waals surface area contributed by atoms with Gasteiger partial charge in [-0.15, -0.1) is 22.6 Å². The summed E-state index contributed by atoms with van der Waals surface area (Å²) >= 11 is 5.84. The van der Waals surface area contributed by atoms with E-state index in [1.54, 1.807) is 16.9 Å². The van der Waals surface area contributed by atoms with Gasteiger partial charge < -0.3 is 9.73 Å². The van der Waals surface area contributed by atoms with Crippen LogP contribution < -0.4 is 5.32 Å². The van der Waals surface area contributed by atoms with Crippen molar-refractivity contribution in [2.45, 2.75) is 19.3 Å². The van der Waals surface area contributed by atoms with Crippen LogP contribution in [0.3, 0.4) is 0 Å². The SMILES string of the molecule is Cl.O=C1Cc2c(-c3nnc(-c4cccc(Cl)c4F)o3)cnn2C(C2CCNCC2)=N1. The van der Waals surface area contributed by atoms with Crippen molar-refractivity contribution in [1.29, 1.82) is 0 Å². The summed E-state index contributed by atoms with van der Waals surface area (Å²) in [4.78, 5) is 16.5. The molecule has 5 rings (SSSR count). The molecule has 1 fully saturated rings. The van der Waals surface area contributed by atoms with Gasteiger partial charge in [0, 0.05) is 5.92 Å². The molecule has 2 aliphatic rings. The standard InChI is InChI=1S/C19H16ClFN6O2.ClH/c20-13-3-1-2-11(16(13)21)18-25-26-19(29-18)12-9-23-27-14(12)8-15(28)24-17(27)10-4-6-22-7-5-10;/h1-3,9-10,22H,4-8H2;1H. The highest BCUT2D eigenvalue weighted by Crippen LogP contribution is 2.32. The Bertz CT molecular complexity index is 1140. The first-order valence-corrected chi connectivity index (χ1v) is 9.67. The molecule has 1 N–H and O–H groups in total. The minimum atomic E-state index is -0.628. The number of halogens is 3. The van der Waals surface area contributed by atoms with Crippen molar-refractivity contribution in [3.05, 3.63) is 40.9 Å². The molecule has 1 amide bonds. The molecule has 8 nitrogen and oxygen atoms in total. The number of carbonyl (C=O) groups is 1. The van der Waals surface area contributed by atoms with Gasteiger partial charge in [0.2, 0.25) is 0 Å². The van der Waals surface area contributed by atoms with Gasteiger partial charge in [0.1, 0.15) is 5.84 Å². The van der Waals surface area contributed by atoms with E-state index in [2.05, 4.69) is 25.6 Å². The van der Waals surface area contributed by atoms with Crippen molar-refractivity contribution in [3.8, 4) is 22.9 Å². The van der Waals surface area contributed by atoms with E-state index in [1.165, 1.54) is 12.1 Å². The molecular formula is C19H17Cl2FN6O2. The number of fused-ring (bicyclic) bond motifs is 1. The molecule has 0 aliphatic carbocycles. The number of nitrogens with zero attached hydrogens (tertiary/aromatic N) is 5. The molecule has 1 saturated heterocycles. The van der Waals surface area contributed by atoms with Gasteiger partial charge in [-0.25, -0.2) is 9.07 Å². The number of benzene rings is 1.